The van der Waals surface area contributed by atoms with Crippen LogP contribution >= 0.6 is 0 Å². The molecule has 0 aromatic heterocycles. The highest BCUT2D eigenvalue weighted by atomic mass is 32.2. The SMILES string of the molecule is Cc1ccc(S(=O)(=O)N2CCN(C(C)C)C(=O)C2)c(C)c1. The van der Waals surface area contributed by atoms with Crippen molar-refractivity contribution in [3.63, 3.8) is 0 Å². The van der Waals surface area contributed by atoms with Gasteiger partial charge >= 0.3 is 0 Å². The van der Waals surface area contributed by atoms with Gasteiger partial charge in [0.05, 0.1) is 11.4 Å². The van der Waals surface area contributed by atoms with Crippen molar-refractivity contribution in [2.75, 3.05) is 19.6 Å². The summed E-state index contributed by atoms with van der Waals surface area (Å²) in [6, 6.07) is 5.35. The molecule has 2 rings (SSSR count). The summed E-state index contributed by atoms with van der Waals surface area (Å²) in [6.45, 7) is 8.30. The van der Waals surface area contributed by atoms with Crippen LogP contribution in [0, 0.1) is 13.8 Å². The Bertz CT molecular complexity index is 653. The zero-order chi connectivity index (χ0) is 15.8. The fourth-order valence-electron chi connectivity index (χ4n) is 2.64. The topological polar surface area (TPSA) is 57.7 Å². The number of hydrogen-bond donors (Lipinski definition) is 0. The highest BCUT2D eigenvalue weighted by Crippen LogP contribution is 2.22. The second-order valence-electron chi connectivity index (χ2n) is 5.79. The lowest BCUT2D eigenvalue weighted by Crippen LogP contribution is -2.54. The first-order chi connectivity index (χ1) is 9.73. The molecule has 1 saturated heterocycles. The van der Waals surface area contributed by atoms with Crippen LogP contribution in [0.4, 0.5) is 0 Å². The van der Waals surface area contributed by atoms with Crippen LogP contribution in [-0.2, 0) is 14.8 Å². The lowest BCUT2D eigenvalue weighted by Gasteiger charge is -2.36. The number of carbonyl (C=O) groups excluding carboxylic acids is 1. The summed E-state index contributed by atoms with van der Waals surface area (Å²) in [5, 5.41) is 0. The molecule has 0 radical (unpaired) electrons. The van der Waals surface area contributed by atoms with Crippen molar-refractivity contribution in [3.05, 3.63) is 29.3 Å². The van der Waals surface area contributed by atoms with Crippen LogP contribution in [0.1, 0.15) is 25.0 Å². The number of aryl methyl sites for hydroxylation is 2. The quantitative estimate of drug-likeness (QED) is 0.851. The molecule has 0 bridgehead atoms. The van der Waals surface area contributed by atoms with Crippen LogP contribution in [0.25, 0.3) is 0 Å². The molecule has 0 saturated carbocycles. The van der Waals surface area contributed by atoms with Gasteiger partial charge in [-0.05, 0) is 39.3 Å². The fraction of sp³-hybridized carbons (Fsp3) is 0.533. The summed E-state index contributed by atoms with van der Waals surface area (Å²) in [6.07, 6.45) is 0. The van der Waals surface area contributed by atoms with Crippen LogP contribution < -0.4 is 0 Å². The van der Waals surface area contributed by atoms with Crippen molar-refractivity contribution < 1.29 is 13.2 Å². The molecule has 0 N–H and O–H groups in total. The first kappa shape index (κ1) is 16.0. The fourth-order valence-corrected chi connectivity index (χ4v) is 4.23. The summed E-state index contributed by atoms with van der Waals surface area (Å²) < 4.78 is 26.7. The third-order valence-electron chi connectivity index (χ3n) is 3.79. The molecular formula is C15H22N2O3S. The molecule has 1 heterocycles. The second kappa shape index (κ2) is 5.77. The predicted molar refractivity (Wildman–Crippen MR) is 81.5 cm³/mol. The van der Waals surface area contributed by atoms with Crippen LogP contribution in [0.3, 0.4) is 0 Å². The van der Waals surface area contributed by atoms with E-state index < -0.39 is 10.0 Å². The predicted octanol–water partition coefficient (Wildman–Crippen LogP) is 1.54. The van der Waals surface area contributed by atoms with Gasteiger partial charge in [0.2, 0.25) is 15.9 Å². The molecule has 1 fully saturated rings. The van der Waals surface area contributed by atoms with E-state index in [1.54, 1.807) is 24.0 Å². The Kier molecular flexibility index (Phi) is 4.39. The Morgan fingerprint density at radius 1 is 1.14 bits per heavy atom. The number of benzene rings is 1. The van der Waals surface area contributed by atoms with Crippen molar-refractivity contribution in [2.24, 2.45) is 0 Å². The third kappa shape index (κ3) is 3.11. The molecule has 0 aliphatic carbocycles. The van der Waals surface area contributed by atoms with E-state index in [-0.39, 0.29) is 18.5 Å². The summed E-state index contributed by atoms with van der Waals surface area (Å²) in [5.41, 5.74) is 1.74. The van der Waals surface area contributed by atoms with Gasteiger partial charge in [0, 0.05) is 19.1 Å². The molecule has 0 atom stereocenters. The number of nitrogens with zero attached hydrogens (tertiary/aromatic N) is 2. The maximum atomic E-state index is 12.7. The molecule has 1 aromatic rings. The molecule has 116 valence electrons. The summed E-state index contributed by atoms with van der Waals surface area (Å²) in [7, 11) is -3.61. The number of piperazine rings is 1. The molecule has 1 aromatic carbocycles. The highest BCUT2D eigenvalue weighted by Gasteiger charge is 2.34. The van der Waals surface area contributed by atoms with Gasteiger partial charge in [-0.1, -0.05) is 17.7 Å². The smallest absolute Gasteiger partial charge is 0.243 e. The van der Waals surface area contributed by atoms with Gasteiger partial charge in [0.1, 0.15) is 0 Å². The van der Waals surface area contributed by atoms with E-state index in [0.29, 0.717) is 23.5 Å². The number of rotatable bonds is 3. The van der Waals surface area contributed by atoms with Gasteiger partial charge in [-0.25, -0.2) is 8.42 Å². The average Bonchev–Trinajstić information content (AvgIpc) is 2.37. The standard InChI is InChI=1S/C15H22N2O3S/c1-11(2)17-8-7-16(10-15(17)18)21(19,20)14-6-5-12(3)9-13(14)4/h5-6,9,11H,7-8,10H2,1-4H3. The zero-order valence-electron chi connectivity index (χ0n) is 13.0. The van der Waals surface area contributed by atoms with Crippen molar-refractivity contribution in [2.45, 2.75) is 38.6 Å². The van der Waals surface area contributed by atoms with Gasteiger partial charge in [-0.15, -0.1) is 0 Å². The average molecular weight is 310 g/mol. The number of sulfonamides is 1. The first-order valence-electron chi connectivity index (χ1n) is 7.10. The minimum absolute atomic E-state index is 0.0756. The van der Waals surface area contributed by atoms with Crippen LogP contribution in [0.5, 0.6) is 0 Å². The Morgan fingerprint density at radius 3 is 2.33 bits per heavy atom. The Hall–Kier alpha value is -1.40. The van der Waals surface area contributed by atoms with Gasteiger partial charge in [-0.2, -0.15) is 4.31 Å². The Morgan fingerprint density at radius 2 is 1.81 bits per heavy atom. The Balaban J connectivity index is 2.27. The van der Waals surface area contributed by atoms with E-state index >= 15 is 0 Å². The van der Waals surface area contributed by atoms with Crippen molar-refractivity contribution in [1.29, 1.82) is 0 Å². The van der Waals surface area contributed by atoms with Crippen LogP contribution in [0.15, 0.2) is 23.1 Å². The lowest BCUT2D eigenvalue weighted by molar-refractivity contribution is -0.135. The summed E-state index contributed by atoms with van der Waals surface area (Å²) >= 11 is 0. The van der Waals surface area contributed by atoms with Crippen molar-refractivity contribution in [3.8, 4) is 0 Å². The lowest BCUT2D eigenvalue weighted by atomic mass is 10.2. The number of hydrogen-bond acceptors (Lipinski definition) is 3. The van der Waals surface area contributed by atoms with Crippen LogP contribution in [-0.4, -0.2) is 49.2 Å². The maximum Gasteiger partial charge on any atom is 0.243 e. The number of amides is 1. The molecule has 5 nitrogen and oxygen atoms in total. The van der Waals surface area contributed by atoms with Gasteiger partial charge in [0.25, 0.3) is 0 Å². The third-order valence-corrected chi connectivity index (χ3v) is 5.80. The molecule has 1 aliphatic heterocycles. The van der Waals surface area contributed by atoms with Gasteiger partial charge < -0.3 is 4.90 Å². The summed E-state index contributed by atoms with van der Waals surface area (Å²) in [4.78, 5) is 14.1. The molecule has 1 amide bonds. The maximum absolute atomic E-state index is 12.7. The largest absolute Gasteiger partial charge is 0.338 e. The van der Waals surface area contributed by atoms with E-state index in [1.165, 1.54) is 4.31 Å². The van der Waals surface area contributed by atoms with E-state index in [2.05, 4.69) is 0 Å². The molecule has 1 aliphatic rings. The van der Waals surface area contributed by atoms with Crippen molar-refractivity contribution in [1.82, 2.24) is 9.21 Å². The number of carbonyl (C=O) groups is 1. The molecule has 21 heavy (non-hydrogen) atoms. The van der Waals surface area contributed by atoms with Gasteiger partial charge in [0.15, 0.2) is 0 Å². The highest BCUT2D eigenvalue weighted by molar-refractivity contribution is 7.89. The van der Waals surface area contributed by atoms with E-state index in [0.717, 1.165) is 5.56 Å². The minimum Gasteiger partial charge on any atom is -0.338 e. The second-order valence-corrected chi connectivity index (χ2v) is 7.69. The minimum atomic E-state index is -3.61. The monoisotopic (exact) mass is 310 g/mol. The molecule has 0 spiro atoms. The van der Waals surface area contributed by atoms with E-state index in [1.807, 2.05) is 26.8 Å². The Labute approximate surface area is 126 Å². The van der Waals surface area contributed by atoms with E-state index in [4.69, 9.17) is 0 Å². The van der Waals surface area contributed by atoms with E-state index in [9.17, 15) is 13.2 Å². The van der Waals surface area contributed by atoms with Crippen LogP contribution in [0.2, 0.25) is 0 Å². The normalized spacial score (nSPS) is 17.6. The van der Waals surface area contributed by atoms with Crippen molar-refractivity contribution >= 4 is 15.9 Å². The first-order valence-corrected chi connectivity index (χ1v) is 8.54. The zero-order valence-corrected chi connectivity index (χ0v) is 13.8. The van der Waals surface area contributed by atoms with Gasteiger partial charge in [-0.3, -0.25) is 4.79 Å². The summed E-state index contributed by atoms with van der Waals surface area (Å²) in [5.74, 6) is -0.135. The molecule has 0 unspecified atom stereocenters. The molecule has 6 heteroatoms. The molecular weight excluding hydrogens is 288 g/mol.